The van der Waals surface area contributed by atoms with E-state index >= 15 is 0 Å². The standard InChI is InChI=1S/C15H22O3S/c1-11-10-14(19-9-8-12(2)16)6-4-13(11)5-7-15(17)18-3/h4,6,10,12,16H,5,7-9H2,1-3H3. The average Bonchev–Trinajstić information content (AvgIpc) is 2.37. The van der Waals surface area contributed by atoms with Crippen molar-refractivity contribution in [1.29, 1.82) is 0 Å². The molecular weight excluding hydrogens is 260 g/mol. The van der Waals surface area contributed by atoms with Crippen LogP contribution >= 0.6 is 11.8 Å². The molecule has 1 rings (SSSR count). The molecule has 0 bridgehead atoms. The number of hydrogen-bond donors (Lipinski definition) is 1. The molecular formula is C15H22O3S. The van der Waals surface area contributed by atoms with Gasteiger partial charge in [0.25, 0.3) is 0 Å². The molecule has 0 aliphatic heterocycles. The number of hydrogen-bond acceptors (Lipinski definition) is 4. The van der Waals surface area contributed by atoms with Gasteiger partial charge in [-0.15, -0.1) is 11.8 Å². The Balaban J connectivity index is 2.51. The van der Waals surface area contributed by atoms with Gasteiger partial charge in [-0.2, -0.15) is 0 Å². The summed E-state index contributed by atoms with van der Waals surface area (Å²) in [4.78, 5) is 12.3. The van der Waals surface area contributed by atoms with Crippen molar-refractivity contribution in [3.63, 3.8) is 0 Å². The largest absolute Gasteiger partial charge is 0.469 e. The van der Waals surface area contributed by atoms with Gasteiger partial charge in [-0.25, -0.2) is 0 Å². The van der Waals surface area contributed by atoms with Gasteiger partial charge >= 0.3 is 5.97 Å². The molecule has 3 nitrogen and oxygen atoms in total. The summed E-state index contributed by atoms with van der Waals surface area (Å²) in [5.74, 6) is 0.744. The maximum atomic E-state index is 11.1. The third kappa shape index (κ3) is 6.12. The molecule has 1 N–H and O–H groups in total. The summed E-state index contributed by atoms with van der Waals surface area (Å²) in [5, 5.41) is 9.22. The second-order valence-electron chi connectivity index (χ2n) is 4.65. The van der Waals surface area contributed by atoms with Crippen molar-refractivity contribution in [2.75, 3.05) is 12.9 Å². The van der Waals surface area contributed by atoms with E-state index in [1.807, 2.05) is 6.92 Å². The number of benzene rings is 1. The van der Waals surface area contributed by atoms with Crippen LogP contribution in [0.25, 0.3) is 0 Å². The van der Waals surface area contributed by atoms with Crippen LogP contribution in [0.3, 0.4) is 0 Å². The van der Waals surface area contributed by atoms with Crippen molar-refractivity contribution in [2.45, 2.75) is 44.1 Å². The third-order valence-electron chi connectivity index (χ3n) is 2.94. The first kappa shape index (κ1) is 16.1. The number of methoxy groups -OCH3 is 1. The second-order valence-corrected chi connectivity index (χ2v) is 5.82. The van der Waals surface area contributed by atoms with Crippen LogP contribution in [0, 0.1) is 6.92 Å². The molecule has 106 valence electrons. The molecule has 0 saturated heterocycles. The first-order valence-corrected chi connectivity index (χ1v) is 7.48. The van der Waals surface area contributed by atoms with E-state index in [1.54, 1.807) is 11.8 Å². The number of aliphatic hydroxyl groups excluding tert-OH is 1. The molecule has 4 heteroatoms. The molecule has 0 radical (unpaired) electrons. The van der Waals surface area contributed by atoms with Crippen LogP contribution in [0.2, 0.25) is 0 Å². The number of carbonyl (C=O) groups is 1. The van der Waals surface area contributed by atoms with Crippen LogP contribution in [0.15, 0.2) is 23.1 Å². The van der Waals surface area contributed by atoms with E-state index in [0.29, 0.717) is 6.42 Å². The molecule has 1 aromatic rings. The Labute approximate surface area is 119 Å². The first-order valence-electron chi connectivity index (χ1n) is 6.50. The lowest BCUT2D eigenvalue weighted by Crippen LogP contribution is -2.03. The number of carbonyl (C=O) groups excluding carboxylic acids is 1. The van der Waals surface area contributed by atoms with Crippen molar-refractivity contribution in [1.82, 2.24) is 0 Å². The number of esters is 1. The van der Waals surface area contributed by atoms with Gasteiger partial charge in [0.2, 0.25) is 0 Å². The van der Waals surface area contributed by atoms with Gasteiger partial charge in [0, 0.05) is 17.1 Å². The summed E-state index contributed by atoms with van der Waals surface area (Å²) < 4.78 is 4.64. The number of aliphatic hydroxyl groups is 1. The number of rotatable bonds is 7. The van der Waals surface area contributed by atoms with Gasteiger partial charge in [-0.3, -0.25) is 4.79 Å². The SMILES string of the molecule is COC(=O)CCc1ccc(SCCC(C)O)cc1C. The van der Waals surface area contributed by atoms with Crippen molar-refractivity contribution in [3.05, 3.63) is 29.3 Å². The van der Waals surface area contributed by atoms with Crippen LogP contribution in [0.5, 0.6) is 0 Å². The van der Waals surface area contributed by atoms with E-state index < -0.39 is 0 Å². The lowest BCUT2D eigenvalue weighted by molar-refractivity contribution is -0.140. The average molecular weight is 282 g/mol. The van der Waals surface area contributed by atoms with Crippen LogP contribution in [0.1, 0.15) is 30.9 Å². The predicted molar refractivity (Wildman–Crippen MR) is 78.5 cm³/mol. The zero-order valence-electron chi connectivity index (χ0n) is 11.8. The minimum atomic E-state index is -0.243. The number of aryl methyl sites for hydroxylation is 2. The van der Waals surface area contributed by atoms with Crippen LogP contribution < -0.4 is 0 Å². The van der Waals surface area contributed by atoms with Gasteiger partial charge in [0.05, 0.1) is 13.2 Å². The highest BCUT2D eigenvalue weighted by Crippen LogP contribution is 2.23. The minimum absolute atomic E-state index is 0.171. The monoisotopic (exact) mass is 282 g/mol. The molecule has 0 aliphatic rings. The van der Waals surface area contributed by atoms with E-state index in [2.05, 4.69) is 29.9 Å². The zero-order valence-corrected chi connectivity index (χ0v) is 12.6. The molecule has 19 heavy (non-hydrogen) atoms. The molecule has 1 aromatic carbocycles. The molecule has 0 amide bonds. The van der Waals surface area contributed by atoms with E-state index in [0.717, 1.165) is 18.6 Å². The summed E-state index contributed by atoms with van der Waals surface area (Å²) in [6, 6.07) is 6.29. The summed E-state index contributed by atoms with van der Waals surface area (Å²) in [7, 11) is 1.41. The zero-order chi connectivity index (χ0) is 14.3. The topological polar surface area (TPSA) is 46.5 Å². The fraction of sp³-hybridized carbons (Fsp3) is 0.533. The fourth-order valence-electron chi connectivity index (χ4n) is 1.72. The fourth-order valence-corrected chi connectivity index (χ4v) is 2.84. The lowest BCUT2D eigenvalue weighted by Gasteiger charge is -2.09. The molecule has 0 spiro atoms. The number of ether oxygens (including phenoxy) is 1. The van der Waals surface area contributed by atoms with E-state index in [4.69, 9.17) is 0 Å². The van der Waals surface area contributed by atoms with Gasteiger partial charge in [-0.1, -0.05) is 6.07 Å². The Morgan fingerprint density at radius 2 is 2.21 bits per heavy atom. The Kier molecular flexibility index (Phi) is 6.95. The van der Waals surface area contributed by atoms with E-state index in [1.165, 1.54) is 23.1 Å². The highest BCUT2D eigenvalue weighted by molar-refractivity contribution is 7.99. The first-order chi connectivity index (χ1) is 9.02. The summed E-state index contributed by atoms with van der Waals surface area (Å²) in [5.41, 5.74) is 2.39. The summed E-state index contributed by atoms with van der Waals surface area (Å²) in [6.45, 7) is 3.87. The van der Waals surface area contributed by atoms with Crippen molar-refractivity contribution >= 4 is 17.7 Å². The van der Waals surface area contributed by atoms with Crippen molar-refractivity contribution < 1.29 is 14.6 Å². The Morgan fingerprint density at radius 3 is 2.79 bits per heavy atom. The molecule has 0 heterocycles. The molecule has 0 aromatic heterocycles. The van der Waals surface area contributed by atoms with Gasteiger partial charge in [-0.05, 0) is 49.9 Å². The normalized spacial score (nSPS) is 12.2. The smallest absolute Gasteiger partial charge is 0.305 e. The summed E-state index contributed by atoms with van der Waals surface area (Å²) in [6.07, 6.45) is 1.70. The maximum absolute atomic E-state index is 11.1. The molecule has 0 saturated carbocycles. The van der Waals surface area contributed by atoms with Crippen LogP contribution in [-0.4, -0.2) is 30.0 Å². The van der Waals surface area contributed by atoms with Crippen LogP contribution in [-0.2, 0) is 16.0 Å². The quantitative estimate of drug-likeness (QED) is 0.617. The third-order valence-corrected chi connectivity index (χ3v) is 3.97. The second kappa shape index (κ2) is 8.23. The van der Waals surface area contributed by atoms with Crippen LogP contribution in [0.4, 0.5) is 0 Å². The minimum Gasteiger partial charge on any atom is -0.469 e. The molecule has 0 aliphatic carbocycles. The van der Waals surface area contributed by atoms with E-state index in [-0.39, 0.29) is 12.1 Å². The molecule has 1 unspecified atom stereocenters. The predicted octanol–water partition coefficient (Wildman–Crippen LogP) is 2.96. The highest BCUT2D eigenvalue weighted by atomic mass is 32.2. The number of thioether (sulfide) groups is 1. The van der Waals surface area contributed by atoms with Gasteiger partial charge < -0.3 is 9.84 Å². The van der Waals surface area contributed by atoms with Gasteiger partial charge in [0.15, 0.2) is 0 Å². The highest BCUT2D eigenvalue weighted by Gasteiger charge is 2.05. The van der Waals surface area contributed by atoms with Gasteiger partial charge in [0.1, 0.15) is 0 Å². The van der Waals surface area contributed by atoms with Crippen molar-refractivity contribution in [2.24, 2.45) is 0 Å². The Hall–Kier alpha value is -1.00. The molecule has 1 atom stereocenters. The molecule has 0 fully saturated rings. The lowest BCUT2D eigenvalue weighted by atomic mass is 10.0. The van der Waals surface area contributed by atoms with Crippen molar-refractivity contribution in [3.8, 4) is 0 Å². The Bertz CT molecular complexity index is 416. The Morgan fingerprint density at radius 1 is 1.47 bits per heavy atom. The maximum Gasteiger partial charge on any atom is 0.305 e. The van der Waals surface area contributed by atoms with E-state index in [9.17, 15) is 9.90 Å². The summed E-state index contributed by atoms with van der Waals surface area (Å²) >= 11 is 1.75.